The molecule has 4 heterocycles. The number of nitrogens with zero attached hydrogens (tertiary/aromatic N) is 5. The van der Waals surface area contributed by atoms with Gasteiger partial charge in [-0.1, -0.05) is 6.07 Å². The number of hydrogen-bond acceptors (Lipinski definition) is 6. The van der Waals surface area contributed by atoms with E-state index in [9.17, 15) is 4.79 Å². The Hall–Kier alpha value is -3.00. The SMILES string of the molecule is Cn1cnc2c1C[C@H](COCc1cccnc1)N(C(=O)c1cocn1)C2. The molecule has 1 aliphatic rings. The van der Waals surface area contributed by atoms with Crippen LogP contribution in [-0.2, 0) is 31.4 Å². The van der Waals surface area contributed by atoms with Crippen molar-refractivity contribution in [2.24, 2.45) is 7.05 Å². The standard InChI is InChI=1S/C18H19N5O3/c1-22-11-20-15-7-23(18(24)16-10-26-12-21-16)14(5-17(15)22)9-25-8-13-3-2-4-19-6-13/h2-4,6,10-12,14H,5,7-9H2,1H3/t14-/m1/s1. The summed E-state index contributed by atoms with van der Waals surface area (Å²) in [5, 5.41) is 0. The van der Waals surface area contributed by atoms with Crippen molar-refractivity contribution >= 4 is 5.91 Å². The largest absolute Gasteiger partial charge is 0.451 e. The van der Waals surface area contributed by atoms with Crippen LogP contribution in [0.4, 0.5) is 0 Å². The summed E-state index contributed by atoms with van der Waals surface area (Å²) in [6.45, 7) is 1.31. The smallest absolute Gasteiger partial charge is 0.276 e. The van der Waals surface area contributed by atoms with Gasteiger partial charge in [0.25, 0.3) is 5.91 Å². The van der Waals surface area contributed by atoms with Gasteiger partial charge in [0.2, 0.25) is 0 Å². The molecule has 1 aliphatic heterocycles. The molecule has 0 aromatic carbocycles. The van der Waals surface area contributed by atoms with E-state index in [1.165, 1.54) is 12.7 Å². The van der Waals surface area contributed by atoms with Gasteiger partial charge in [0.15, 0.2) is 12.1 Å². The summed E-state index contributed by atoms with van der Waals surface area (Å²) in [5.41, 5.74) is 3.33. The maximum Gasteiger partial charge on any atom is 0.276 e. The van der Waals surface area contributed by atoms with Crippen molar-refractivity contribution in [3.05, 3.63) is 66.2 Å². The van der Waals surface area contributed by atoms with Crippen LogP contribution in [-0.4, -0.2) is 43.0 Å². The number of aryl methyl sites for hydroxylation is 1. The molecule has 0 bridgehead atoms. The molecule has 3 aromatic rings. The maximum atomic E-state index is 12.8. The molecule has 1 atom stereocenters. The van der Waals surface area contributed by atoms with Crippen LogP contribution in [0.2, 0.25) is 0 Å². The first-order valence-electron chi connectivity index (χ1n) is 8.37. The highest BCUT2D eigenvalue weighted by molar-refractivity contribution is 5.92. The third kappa shape index (κ3) is 3.23. The molecule has 0 N–H and O–H groups in total. The number of ether oxygens (including phenoxy) is 1. The Balaban J connectivity index is 1.51. The van der Waals surface area contributed by atoms with Crippen molar-refractivity contribution in [1.29, 1.82) is 0 Å². The van der Waals surface area contributed by atoms with Gasteiger partial charge in [-0.3, -0.25) is 9.78 Å². The van der Waals surface area contributed by atoms with Gasteiger partial charge in [-0.05, 0) is 11.6 Å². The zero-order valence-corrected chi connectivity index (χ0v) is 14.4. The van der Waals surface area contributed by atoms with Gasteiger partial charge in [0, 0.05) is 31.6 Å². The van der Waals surface area contributed by atoms with E-state index in [0.717, 1.165) is 17.0 Å². The molecule has 0 spiro atoms. The summed E-state index contributed by atoms with van der Waals surface area (Å²) < 4.78 is 12.8. The molecule has 8 heteroatoms. The summed E-state index contributed by atoms with van der Waals surface area (Å²) in [6, 6.07) is 3.74. The number of carbonyl (C=O) groups is 1. The Kier molecular flexibility index (Phi) is 4.49. The Morgan fingerprint density at radius 1 is 1.42 bits per heavy atom. The van der Waals surface area contributed by atoms with E-state index in [4.69, 9.17) is 9.15 Å². The topological polar surface area (TPSA) is 86.3 Å². The Bertz CT molecular complexity index is 876. The molecule has 0 aliphatic carbocycles. The molecule has 1 amide bonds. The second kappa shape index (κ2) is 7.09. The average molecular weight is 353 g/mol. The lowest BCUT2D eigenvalue weighted by Crippen LogP contribution is -2.47. The van der Waals surface area contributed by atoms with Crippen LogP contribution in [0.5, 0.6) is 0 Å². The van der Waals surface area contributed by atoms with Gasteiger partial charge >= 0.3 is 0 Å². The highest BCUT2D eigenvalue weighted by Gasteiger charge is 2.33. The van der Waals surface area contributed by atoms with E-state index in [1.807, 2.05) is 23.7 Å². The van der Waals surface area contributed by atoms with Gasteiger partial charge in [-0.15, -0.1) is 0 Å². The number of rotatable bonds is 5. The van der Waals surface area contributed by atoms with Gasteiger partial charge in [0.1, 0.15) is 6.26 Å². The Labute approximate surface area is 150 Å². The molecule has 3 aromatic heterocycles. The average Bonchev–Trinajstić information content (AvgIpc) is 3.32. The van der Waals surface area contributed by atoms with Gasteiger partial charge in [0.05, 0.1) is 37.8 Å². The zero-order valence-electron chi connectivity index (χ0n) is 14.4. The van der Waals surface area contributed by atoms with E-state index in [1.54, 1.807) is 23.6 Å². The molecular formula is C18H19N5O3. The highest BCUT2D eigenvalue weighted by Crippen LogP contribution is 2.24. The fourth-order valence-electron chi connectivity index (χ4n) is 3.17. The van der Waals surface area contributed by atoms with Crippen molar-refractivity contribution in [3.63, 3.8) is 0 Å². The lowest BCUT2D eigenvalue weighted by molar-refractivity contribution is 0.0311. The number of carbonyl (C=O) groups excluding carboxylic acids is 1. The molecule has 0 saturated heterocycles. The van der Waals surface area contributed by atoms with Crippen LogP contribution < -0.4 is 0 Å². The normalized spacial score (nSPS) is 16.5. The third-order valence-electron chi connectivity index (χ3n) is 4.55. The van der Waals surface area contributed by atoms with Crippen LogP contribution in [0.1, 0.15) is 27.4 Å². The lowest BCUT2D eigenvalue weighted by atomic mass is 10.0. The van der Waals surface area contributed by atoms with Crippen LogP contribution in [0.25, 0.3) is 0 Å². The van der Waals surface area contributed by atoms with Crippen molar-refractivity contribution in [1.82, 2.24) is 24.4 Å². The number of aromatic nitrogens is 4. The molecule has 8 nitrogen and oxygen atoms in total. The van der Waals surface area contributed by atoms with Crippen molar-refractivity contribution in [3.8, 4) is 0 Å². The summed E-state index contributed by atoms with van der Waals surface area (Å²) in [7, 11) is 1.97. The number of hydrogen-bond donors (Lipinski definition) is 0. The van der Waals surface area contributed by atoms with E-state index in [2.05, 4.69) is 15.0 Å². The van der Waals surface area contributed by atoms with E-state index in [-0.39, 0.29) is 11.9 Å². The number of fused-ring (bicyclic) bond motifs is 1. The lowest BCUT2D eigenvalue weighted by Gasteiger charge is -2.34. The van der Waals surface area contributed by atoms with E-state index in [0.29, 0.717) is 31.9 Å². The van der Waals surface area contributed by atoms with E-state index < -0.39 is 0 Å². The molecule has 0 saturated carbocycles. The molecule has 4 rings (SSSR count). The number of amides is 1. The molecule has 0 unspecified atom stereocenters. The second-order valence-electron chi connectivity index (χ2n) is 6.29. The van der Waals surface area contributed by atoms with Crippen LogP contribution in [0.15, 0.2) is 47.9 Å². The van der Waals surface area contributed by atoms with Gasteiger partial charge in [-0.25, -0.2) is 9.97 Å². The van der Waals surface area contributed by atoms with Gasteiger partial charge in [-0.2, -0.15) is 0 Å². The molecular weight excluding hydrogens is 334 g/mol. The number of oxazole rings is 1. The van der Waals surface area contributed by atoms with E-state index >= 15 is 0 Å². The molecule has 0 fully saturated rings. The fraction of sp³-hybridized carbons (Fsp3) is 0.333. The minimum Gasteiger partial charge on any atom is -0.451 e. The fourth-order valence-corrected chi connectivity index (χ4v) is 3.17. The second-order valence-corrected chi connectivity index (χ2v) is 6.29. The number of pyridine rings is 1. The molecule has 0 radical (unpaired) electrons. The molecule has 26 heavy (non-hydrogen) atoms. The Morgan fingerprint density at radius 3 is 3.12 bits per heavy atom. The zero-order chi connectivity index (χ0) is 17.9. The first-order chi connectivity index (χ1) is 12.7. The van der Waals surface area contributed by atoms with Crippen LogP contribution >= 0.6 is 0 Å². The summed E-state index contributed by atoms with van der Waals surface area (Å²) in [5.74, 6) is -0.176. The maximum absolute atomic E-state index is 12.8. The summed E-state index contributed by atoms with van der Waals surface area (Å²) >= 11 is 0. The highest BCUT2D eigenvalue weighted by atomic mass is 16.5. The third-order valence-corrected chi connectivity index (χ3v) is 4.55. The summed E-state index contributed by atoms with van der Waals surface area (Å²) in [4.78, 5) is 27.1. The van der Waals surface area contributed by atoms with Crippen molar-refractivity contribution < 1.29 is 13.9 Å². The van der Waals surface area contributed by atoms with Crippen molar-refractivity contribution in [2.45, 2.75) is 25.6 Å². The summed E-state index contributed by atoms with van der Waals surface area (Å²) in [6.07, 6.45) is 8.59. The molecule has 134 valence electrons. The predicted molar refractivity (Wildman–Crippen MR) is 91.0 cm³/mol. The minimum atomic E-state index is -0.176. The van der Waals surface area contributed by atoms with Crippen LogP contribution in [0.3, 0.4) is 0 Å². The van der Waals surface area contributed by atoms with Gasteiger partial charge < -0.3 is 18.6 Å². The van der Waals surface area contributed by atoms with Crippen LogP contribution in [0, 0.1) is 0 Å². The Morgan fingerprint density at radius 2 is 2.35 bits per heavy atom. The first kappa shape index (κ1) is 16.5. The quantitative estimate of drug-likeness (QED) is 0.692. The number of imidazole rings is 1. The first-order valence-corrected chi connectivity index (χ1v) is 8.37. The monoisotopic (exact) mass is 353 g/mol. The van der Waals surface area contributed by atoms with Crippen molar-refractivity contribution in [2.75, 3.05) is 6.61 Å². The minimum absolute atomic E-state index is 0.0984. The predicted octanol–water partition coefficient (Wildman–Crippen LogP) is 1.59.